The van der Waals surface area contributed by atoms with Crippen LogP contribution >= 0.6 is 11.3 Å². The summed E-state index contributed by atoms with van der Waals surface area (Å²) in [5.41, 5.74) is 1.33. The van der Waals surface area contributed by atoms with E-state index in [1.165, 1.54) is 36.1 Å². The molecule has 1 aromatic rings. The number of thiophene rings is 1. The molecule has 1 amide bonds. The molecule has 0 saturated carbocycles. The maximum Gasteiger partial charge on any atom is 0.230 e. The minimum absolute atomic E-state index is 0.144. The lowest BCUT2D eigenvalue weighted by Crippen LogP contribution is -2.41. The number of fused-ring (bicyclic) bond motifs is 2. The topological polar surface area (TPSA) is 32.3 Å². The van der Waals surface area contributed by atoms with E-state index in [1.54, 1.807) is 0 Å². The van der Waals surface area contributed by atoms with Gasteiger partial charge in [-0.1, -0.05) is 0 Å². The van der Waals surface area contributed by atoms with Crippen LogP contribution in [0.3, 0.4) is 0 Å². The highest BCUT2D eigenvalue weighted by Gasteiger charge is 2.39. The van der Waals surface area contributed by atoms with Crippen LogP contribution in [0.2, 0.25) is 0 Å². The number of nitrogens with one attached hydrogen (secondary N) is 1. The van der Waals surface area contributed by atoms with E-state index >= 15 is 0 Å². The summed E-state index contributed by atoms with van der Waals surface area (Å²) in [7, 11) is 0. The van der Waals surface area contributed by atoms with Crippen molar-refractivity contribution >= 4 is 17.2 Å². The Balaban J connectivity index is 1.51. The van der Waals surface area contributed by atoms with Crippen LogP contribution in [-0.4, -0.2) is 36.5 Å². The summed E-state index contributed by atoms with van der Waals surface area (Å²) in [6.45, 7) is 3.03. The molecular formula is C16H22N2OS. The van der Waals surface area contributed by atoms with Crippen LogP contribution in [0.4, 0.5) is 0 Å². The van der Waals surface area contributed by atoms with E-state index in [1.807, 2.05) is 11.3 Å². The minimum Gasteiger partial charge on any atom is -0.340 e. The second-order valence-electron chi connectivity index (χ2n) is 6.45. The molecule has 3 unspecified atom stereocenters. The quantitative estimate of drug-likeness (QED) is 0.861. The van der Waals surface area contributed by atoms with Gasteiger partial charge in [-0.3, -0.25) is 4.79 Å². The molecule has 0 bridgehead atoms. The number of amides is 1. The summed E-state index contributed by atoms with van der Waals surface area (Å²) in [6.07, 6.45) is 5.94. The third-order valence-electron chi connectivity index (χ3n) is 5.26. The molecule has 3 nitrogen and oxygen atoms in total. The second kappa shape index (κ2) is 5.15. The van der Waals surface area contributed by atoms with E-state index < -0.39 is 0 Å². The molecule has 1 aliphatic carbocycles. The predicted octanol–water partition coefficient (Wildman–Crippen LogP) is 2.38. The Morgan fingerprint density at radius 1 is 1.30 bits per heavy atom. The largest absolute Gasteiger partial charge is 0.340 e. The van der Waals surface area contributed by atoms with Crippen molar-refractivity contribution in [3.63, 3.8) is 0 Å². The molecule has 3 atom stereocenters. The van der Waals surface area contributed by atoms with Crippen molar-refractivity contribution in [2.45, 2.75) is 44.1 Å². The van der Waals surface area contributed by atoms with E-state index in [0.29, 0.717) is 17.9 Å². The highest BCUT2D eigenvalue weighted by atomic mass is 32.1. The van der Waals surface area contributed by atoms with Crippen LogP contribution in [0, 0.1) is 5.92 Å². The van der Waals surface area contributed by atoms with E-state index in [0.717, 1.165) is 26.1 Å². The Hall–Kier alpha value is -0.870. The lowest BCUT2D eigenvalue weighted by atomic mass is 9.87. The normalized spacial score (nSPS) is 32.8. The summed E-state index contributed by atoms with van der Waals surface area (Å²) in [5.74, 6) is 1.23. The molecule has 4 heteroatoms. The summed E-state index contributed by atoms with van der Waals surface area (Å²) in [5, 5.41) is 5.75. The monoisotopic (exact) mass is 290 g/mol. The number of carbonyl (C=O) groups excluding carboxylic acids is 1. The minimum atomic E-state index is 0.144. The van der Waals surface area contributed by atoms with Crippen molar-refractivity contribution in [3.05, 3.63) is 21.9 Å². The van der Waals surface area contributed by atoms with E-state index in [-0.39, 0.29) is 5.92 Å². The van der Waals surface area contributed by atoms with Gasteiger partial charge in [0.25, 0.3) is 0 Å². The van der Waals surface area contributed by atoms with Crippen LogP contribution in [0.15, 0.2) is 11.4 Å². The second-order valence-corrected chi connectivity index (χ2v) is 7.45. The number of hydrogen-bond acceptors (Lipinski definition) is 3. The van der Waals surface area contributed by atoms with Crippen molar-refractivity contribution in [1.82, 2.24) is 10.2 Å². The van der Waals surface area contributed by atoms with Gasteiger partial charge in [0, 0.05) is 24.0 Å². The zero-order valence-corrected chi connectivity index (χ0v) is 12.6. The van der Waals surface area contributed by atoms with Crippen LogP contribution in [0.5, 0.6) is 0 Å². The van der Waals surface area contributed by atoms with Crippen LogP contribution in [0.1, 0.15) is 42.0 Å². The van der Waals surface area contributed by atoms with Crippen molar-refractivity contribution in [2.75, 3.05) is 19.6 Å². The van der Waals surface area contributed by atoms with E-state index in [4.69, 9.17) is 0 Å². The van der Waals surface area contributed by atoms with Crippen LogP contribution in [-0.2, 0) is 11.2 Å². The fraction of sp³-hybridized carbons (Fsp3) is 0.688. The fourth-order valence-electron chi connectivity index (χ4n) is 4.19. The molecule has 20 heavy (non-hydrogen) atoms. The maximum absolute atomic E-state index is 12.9. The number of carbonyl (C=O) groups is 1. The molecule has 0 aromatic carbocycles. The van der Waals surface area contributed by atoms with E-state index in [2.05, 4.69) is 21.7 Å². The molecule has 2 fully saturated rings. The first-order valence-electron chi connectivity index (χ1n) is 7.91. The zero-order chi connectivity index (χ0) is 13.5. The van der Waals surface area contributed by atoms with Crippen molar-refractivity contribution in [2.24, 2.45) is 5.92 Å². The van der Waals surface area contributed by atoms with Gasteiger partial charge in [0.05, 0.1) is 5.92 Å². The molecule has 108 valence electrons. The molecule has 0 spiro atoms. The van der Waals surface area contributed by atoms with Gasteiger partial charge in [0.15, 0.2) is 0 Å². The number of rotatable bonds is 1. The van der Waals surface area contributed by atoms with Gasteiger partial charge in [0.2, 0.25) is 5.91 Å². The van der Waals surface area contributed by atoms with Crippen molar-refractivity contribution in [1.29, 1.82) is 0 Å². The van der Waals surface area contributed by atoms with Crippen LogP contribution in [0.25, 0.3) is 0 Å². The first-order valence-corrected chi connectivity index (χ1v) is 8.79. The molecule has 1 N–H and O–H groups in total. The molecule has 3 aliphatic rings. The Bertz CT molecular complexity index is 498. The molecule has 3 heterocycles. The summed E-state index contributed by atoms with van der Waals surface area (Å²) in [6, 6.07) is 2.74. The summed E-state index contributed by atoms with van der Waals surface area (Å²) < 4.78 is 0. The number of hydrogen-bond donors (Lipinski definition) is 1. The van der Waals surface area contributed by atoms with Gasteiger partial charge in [-0.2, -0.15) is 0 Å². The average molecular weight is 290 g/mol. The van der Waals surface area contributed by atoms with Gasteiger partial charge in [0.1, 0.15) is 0 Å². The number of aryl methyl sites for hydroxylation is 1. The predicted molar refractivity (Wildman–Crippen MR) is 81.1 cm³/mol. The lowest BCUT2D eigenvalue weighted by molar-refractivity contribution is -0.132. The van der Waals surface area contributed by atoms with Gasteiger partial charge in [-0.25, -0.2) is 0 Å². The molecule has 2 aliphatic heterocycles. The third kappa shape index (κ3) is 2.09. The fourth-order valence-corrected chi connectivity index (χ4v) is 5.18. The van der Waals surface area contributed by atoms with Gasteiger partial charge < -0.3 is 10.2 Å². The van der Waals surface area contributed by atoms with E-state index in [9.17, 15) is 4.79 Å². The first kappa shape index (κ1) is 12.8. The highest BCUT2D eigenvalue weighted by Crippen LogP contribution is 2.37. The highest BCUT2D eigenvalue weighted by molar-refractivity contribution is 7.10. The Morgan fingerprint density at radius 2 is 2.25 bits per heavy atom. The smallest absolute Gasteiger partial charge is 0.230 e. The average Bonchev–Trinajstić information content (AvgIpc) is 3.12. The Morgan fingerprint density at radius 3 is 3.15 bits per heavy atom. The number of nitrogens with zero attached hydrogens (tertiary/aromatic N) is 1. The zero-order valence-electron chi connectivity index (χ0n) is 11.8. The third-order valence-corrected chi connectivity index (χ3v) is 6.26. The van der Waals surface area contributed by atoms with Gasteiger partial charge in [-0.05, 0) is 61.6 Å². The molecular weight excluding hydrogens is 268 g/mol. The Labute approximate surface area is 124 Å². The van der Waals surface area contributed by atoms with Gasteiger partial charge in [-0.15, -0.1) is 11.3 Å². The Kier molecular flexibility index (Phi) is 3.31. The molecule has 0 radical (unpaired) electrons. The summed E-state index contributed by atoms with van der Waals surface area (Å²) >= 11 is 1.83. The van der Waals surface area contributed by atoms with Gasteiger partial charge >= 0.3 is 0 Å². The molecule has 4 rings (SSSR count). The van der Waals surface area contributed by atoms with Crippen LogP contribution < -0.4 is 5.32 Å². The van der Waals surface area contributed by atoms with Crippen molar-refractivity contribution < 1.29 is 4.79 Å². The number of piperidine rings is 1. The molecule has 1 aromatic heterocycles. The molecule has 2 saturated heterocycles. The standard InChI is InChI=1S/C16H22N2OS/c19-16(13-4-1-5-15-12(13)6-8-20-15)18-9-11-3-2-7-17-14(11)10-18/h6,8,11,13-14,17H,1-5,7,9-10H2. The summed E-state index contributed by atoms with van der Waals surface area (Å²) in [4.78, 5) is 16.5. The lowest BCUT2D eigenvalue weighted by Gasteiger charge is -2.26. The first-order chi connectivity index (χ1) is 9.83. The van der Waals surface area contributed by atoms with Crippen molar-refractivity contribution in [3.8, 4) is 0 Å². The SMILES string of the molecule is O=C(C1CCCc2sccc21)N1CC2CCCNC2C1. The number of likely N-dealkylation sites (tertiary alicyclic amines) is 1. The maximum atomic E-state index is 12.9.